The van der Waals surface area contributed by atoms with E-state index in [1.54, 1.807) is 22.8 Å². The molecule has 0 aliphatic carbocycles. The number of para-hydroxylation sites is 1. The molecule has 5 nitrogen and oxygen atoms in total. The van der Waals surface area contributed by atoms with E-state index in [-0.39, 0.29) is 5.91 Å². The van der Waals surface area contributed by atoms with E-state index in [9.17, 15) is 4.79 Å². The van der Waals surface area contributed by atoms with Gasteiger partial charge in [-0.1, -0.05) is 43.1 Å². The lowest BCUT2D eigenvalue weighted by atomic mass is 10.1. The maximum atomic E-state index is 12.7. The molecule has 25 heavy (non-hydrogen) atoms. The van der Waals surface area contributed by atoms with Gasteiger partial charge in [-0.05, 0) is 25.5 Å². The molecule has 3 rings (SSSR count). The first-order valence-electron chi connectivity index (χ1n) is 8.39. The quantitative estimate of drug-likeness (QED) is 0.686. The van der Waals surface area contributed by atoms with Crippen LogP contribution in [0.4, 0.5) is 0 Å². The lowest BCUT2D eigenvalue weighted by Crippen LogP contribution is -2.28. The molecule has 0 aliphatic rings. The molecular formula is C19H21ClN4O. The van der Waals surface area contributed by atoms with Gasteiger partial charge in [-0.3, -0.25) is 4.79 Å². The molecule has 1 amide bonds. The summed E-state index contributed by atoms with van der Waals surface area (Å²) in [4.78, 5) is 18.9. The summed E-state index contributed by atoms with van der Waals surface area (Å²) in [5.74, 6) is -0.111. The Labute approximate surface area is 152 Å². The van der Waals surface area contributed by atoms with Crippen LogP contribution in [0.5, 0.6) is 0 Å². The van der Waals surface area contributed by atoms with Crippen LogP contribution in [0.1, 0.15) is 35.8 Å². The molecule has 0 radical (unpaired) electrons. The molecule has 0 bridgehead atoms. The average molecular weight is 357 g/mol. The number of rotatable bonds is 5. The predicted octanol–water partition coefficient (Wildman–Crippen LogP) is 4.25. The van der Waals surface area contributed by atoms with Gasteiger partial charge >= 0.3 is 0 Å². The number of halogens is 1. The highest BCUT2D eigenvalue weighted by molar-refractivity contribution is 6.38. The van der Waals surface area contributed by atoms with E-state index in [4.69, 9.17) is 11.6 Å². The van der Waals surface area contributed by atoms with Gasteiger partial charge < -0.3 is 4.90 Å². The topological polar surface area (TPSA) is 51.0 Å². The zero-order valence-corrected chi connectivity index (χ0v) is 15.4. The third-order valence-electron chi connectivity index (χ3n) is 4.23. The van der Waals surface area contributed by atoms with Crippen LogP contribution in [0.15, 0.2) is 36.5 Å². The fourth-order valence-electron chi connectivity index (χ4n) is 2.81. The highest BCUT2D eigenvalue weighted by Gasteiger charge is 2.21. The summed E-state index contributed by atoms with van der Waals surface area (Å²) < 4.78 is 1.76. The molecule has 130 valence electrons. The summed E-state index contributed by atoms with van der Waals surface area (Å²) in [6.45, 7) is 4.68. The number of unbranched alkanes of at least 4 members (excludes halogenated alkanes) is 1. The maximum absolute atomic E-state index is 12.7. The van der Waals surface area contributed by atoms with Crippen LogP contribution in [0.2, 0.25) is 5.02 Å². The van der Waals surface area contributed by atoms with Crippen molar-refractivity contribution in [3.05, 3.63) is 52.8 Å². The zero-order chi connectivity index (χ0) is 18.0. The SMILES string of the molecule is CCCCN(C)C(=O)c1cnc2c(c(C)nn2-c2ccccc2)c1Cl. The monoisotopic (exact) mass is 356 g/mol. The van der Waals surface area contributed by atoms with Crippen molar-refractivity contribution >= 4 is 28.5 Å². The molecule has 2 aromatic heterocycles. The third kappa shape index (κ3) is 3.24. The van der Waals surface area contributed by atoms with E-state index in [0.717, 1.165) is 29.6 Å². The first-order chi connectivity index (χ1) is 12.0. The summed E-state index contributed by atoms with van der Waals surface area (Å²) >= 11 is 6.58. The minimum atomic E-state index is -0.111. The van der Waals surface area contributed by atoms with Crippen molar-refractivity contribution in [2.45, 2.75) is 26.7 Å². The highest BCUT2D eigenvalue weighted by atomic mass is 35.5. The number of benzene rings is 1. The van der Waals surface area contributed by atoms with Gasteiger partial charge in [0.05, 0.1) is 27.4 Å². The van der Waals surface area contributed by atoms with Gasteiger partial charge in [0, 0.05) is 19.8 Å². The molecule has 0 aliphatic heterocycles. The van der Waals surface area contributed by atoms with E-state index in [1.165, 1.54) is 0 Å². The van der Waals surface area contributed by atoms with E-state index in [2.05, 4.69) is 17.0 Å². The predicted molar refractivity (Wildman–Crippen MR) is 100 cm³/mol. The number of hydrogen-bond acceptors (Lipinski definition) is 3. The van der Waals surface area contributed by atoms with Crippen molar-refractivity contribution in [1.29, 1.82) is 0 Å². The molecule has 0 saturated carbocycles. The molecule has 0 unspecified atom stereocenters. The van der Waals surface area contributed by atoms with Gasteiger partial charge in [0.1, 0.15) is 0 Å². The van der Waals surface area contributed by atoms with Crippen molar-refractivity contribution in [3.8, 4) is 5.69 Å². The lowest BCUT2D eigenvalue weighted by molar-refractivity contribution is 0.0793. The highest BCUT2D eigenvalue weighted by Crippen LogP contribution is 2.30. The number of pyridine rings is 1. The van der Waals surface area contributed by atoms with Crippen LogP contribution in [-0.2, 0) is 0 Å². The molecular weight excluding hydrogens is 336 g/mol. The smallest absolute Gasteiger partial charge is 0.256 e. The van der Waals surface area contributed by atoms with Crippen LogP contribution < -0.4 is 0 Å². The van der Waals surface area contributed by atoms with Crippen LogP contribution in [-0.4, -0.2) is 39.2 Å². The van der Waals surface area contributed by atoms with Crippen molar-refractivity contribution in [2.75, 3.05) is 13.6 Å². The van der Waals surface area contributed by atoms with Crippen molar-refractivity contribution in [3.63, 3.8) is 0 Å². The number of hydrogen-bond donors (Lipinski definition) is 0. The Balaban J connectivity index is 2.07. The minimum Gasteiger partial charge on any atom is -0.342 e. The van der Waals surface area contributed by atoms with E-state index in [0.29, 0.717) is 22.8 Å². The molecule has 6 heteroatoms. The number of amides is 1. The number of aryl methyl sites for hydroxylation is 1. The standard InChI is InChI=1S/C19H21ClN4O/c1-4-5-11-23(3)19(25)15-12-21-18-16(17(15)20)13(2)22-24(18)14-9-7-6-8-10-14/h6-10,12H,4-5,11H2,1-3H3. The van der Waals surface area contributed by atoms with Gasteiger partial charge in [-0.15, -0.1) is 0 Å². The van der Waals surface area contributed by atoms with Crippen molar-refractivity contribution in [1.82, 2.24) is 19.7 Å². The largest absolute Gasteiger partial charge is 0.342 e. The second-order valence-electron chi connectivity index (χ2n) is 6.10. The Morgan fingerprint density at radius 2 is 2.00 bits per heavy atom. The Morgan fingerprint density at radius 3 is 2.68 bits per heavy atom. The Morgan fingerprint density at radius 1 is 1.28 bits per heavy atom. The van der Waals surface area contributed by atoms with Crippen LogP contribution in [0.3, 0.4) is 0 Å². The van der Waals surface area contributed by atoms with Gasteiger partial charge in [-0.25, -0.2) is 9.67 Å². The van der Waals surface area contributed by atoms with Crippen LogP contribution in [0.25, 0.3) is 16.7 Å². The first kappa shape index (κ1) is 17.4. The lowest BCUT2D eigenvalue weighted by Gasteiger charge is -2.17. The fraction of sp³-hybridized carbons (Fsp3) is 0.316. The summed E-state index contributed by atoms with van der Waals surface area (Å²) in [7, 11) is 1.79. The molecule has 1 aromatic carbocycles. The normalized spacial score (nSPS) is 11.0. The van der Waals surface area contributed by atoms with Gasteiger partial charge in [0.2, 0.25) is 0 Å². The van der Waals surface area contributed by atoms with E-state index in [1.807, 2.05) is 37.3 Å². The molecule has 0 N–H and O–H groups in total. The van der Waals surface area contributed by atoms with E-state index < -0.39 is 0 Å². The summed E-state index contributed by atoms with van der Waals surface area (Å²) in [5.41, 5.74) is 2.73. The molecule has 0 saturated heterocycles. The summed E-state index contributed by atoms with van der Waals surface area (Å²) in [6, 6.07) is 9.75. The van der Waals surface area contributed by atoms with Crippen molar-refractivity contribution < 1.29 is 4.79 Å². The molecule has 3 aromatic rings. The fourth-order valence-corrected chi connectivity index (χ4v) is 3.16. The number of carbonyl (C=O) groups is 1. The molecule has 2 heterocycles. The first-order valence-corrected chi connectivity index (χ1v) is 8.77. The van der Waals surface area contributed by atoms with Crippen molar-refractivity contribution in [2.24, 2.45) is 0 Å². The number of fused-ring (bicyclic) bond motifs is 1. The average Bonchev–Trinajstić information content (AvgIpc) is 2.97. The Bertz CT molecular complexity index is 905. The minimum absolute atomic E-state index is 0.111. The van der Waals surface area contributed by atoms with E-state index >= 15 is 0 Å². The third-order valence-corrected chi connectivity index (χ3v) is 4.63. The summed E-state index contributed by atoms with van der Waals surface area (Å²) in [5, 5.41) is 5.70. The van der Waals surface area contributed by atoms with Gasteiger partial charge in [0.25, 0.3) is 5.91 Å². The zero-order valence-electron chi connectivity index (χ0n) is 14.7. The maximum Gasteiger partial charge on any atom is 0.256 e. The number of nitrogens with zero attached hydrogens (tertiary/aromatic N) is 4. The summed E-state index contributed by atoms with van der Waals surface area (Å²) in [6.07, 6.45) is 3.54. The molecule has 0 atom stereocenters. The van der Waals surface area contributed by atoms with Gasteiger partial charge in [-0.2, -0.15) is 5.10 Å². The second kappa shape index (κ2) is 7.23. The van der Waals surface area contributed by atoms with Crippen LogP contribution >= 0.6 is 11.6 Å². The Kier molecular flexibility index (Phi) is 5.04. The second-order valence-corrected chi connectivity index (χ2v) is 6.48. The van der Waals surface area contributed by atoms with Crippen LogP contribution in [0, 0.1) is 6.92 Å². The number of aromatic nitrogens is 3. The number of carbonyl (C=O) groups excluding carboxylic acids is 1. The molecule has 0 fully saturated rings. The Hall–Kier alpha value is -2.40. The molecule has 0 spiro atoms. The van der Waals surface area contributed by atoms with Gasteiger partial charge in [0.15, 0.2) is 5.65 Å².